The summed E-state index contributed by atoms with van der Waals surface area (Å²) in [7, 11) is 1.59. The first-order chi connectivity index (χ1) is 11.1. The Bertz CT molecular complexity index is 662. The third-order valence-corrected chi connectivity index (χ3v) is 3.35. The molecule has 2 aromatic rings. The molecule has 1 amide bonds. The van der Waals surface area contributed by atoms with Crippen molar-refractivity contribution >= 4 is 11.6 Å². The van der Waals surface area contributed by atoms with Gasteiger partial charge in [0.1, 0.15) is 5.75 Å². The smallest absolute Gasteiger partial charge is 0.271 e. The van der Waals surface area contributed by atoms with Gasteiger partial charge in [-0.1, -0.05) is 44.2 Å². The normalized spacial score (nSPS) is 11.4. The third kappa shape index (κ3) is 4.95. The second-order valence-corrected chi connectivity index (χ2v) is 5.69. The summed E-state index contributed by atoms with van der Waals surface area (Å²) in [6, 6.07) is 16.8. The lowest BCUT2D eigenvalue weighted by atomic mass is 10.0. The molecule has 0 saturated heterocycles. The predicted molar refractivity (Wildman–Crippen MR) is 92.9 cm³/mol. The SMILES string of the molecule is COc1ccc(C(=O)N/N=C(\CC(C)C)c2ccccc2)cc1. The summed E-state index contributed by atoms with van der Waals surface area (Å²) in [4.78, 5) is 12.2. The number of hydrogen-bond acceptors (Lipinski definition) is 3. The largest absolute Gasteiger partial charge is 0.497 e. The molecule has 2 aromatic carbocycles. The maximum Gasteiger partial charge on any atom is 0.271 e. The van der Waals surface area contributed by atoms with Gasteiger partial charge in [0.2, 0.25) is 0 Å². The molecule has 1 N–H and O–H groups in total. The molecule has 4 nitrogen and oxygen atoms in total. The molecule has 2 rings (SSSR count). The molecule has 0 aliphatic rings. The van der Waals surface area contributed by atoms with Crippen molar-refractivity contribution in [3.05, 3.63) is 65.7 Å². The molecule has 0 heterocycles. The van der Waals surface area contributed by atoms with Crippen LogP contribution in [0.1, 0.15) is 36.2 Å². The quantitative estimate of drug-likeness (QED) is 0.650. The molecule has 120 valence electrons. The average molecular weight is 310 g/mol. The number of hydrazone groups is 1. The van der Waals surface area contributed by atoms with Gasteiger partial charge < -0.3 is 4.74 Å². The number of carbonyl (C=O) groups excluding carboxylic acids is 1. The minimum absolute atomic E-state index is 0.232. The summed E-state index contributed by atoms with van der Waals surface area (Å²) in [5.74, 6) is 0.937. The van der Waals surface area contributed by atoms with Crippen molar-refractivity contribution in [2.45, 2.75) is 20.3 Å². The molecular weight excluding hydrogens is 288 g/mol. The van der Waals surface area contributed by atoms with Gasteiger partial charge in [-0.2, -0.15) is 5.10 Å². The van der Waals surface area contributed by atoms with Crippen LogP contribution in [-0.2, 0) is 0 Å². The van der Waals surface area contributed by atoms with Crippen molar-refractivity contribution in [3.63, 3.8) is 0 Å². The molecule has 0 saturated carbocycles. The van der Waals surface area contributed by atoms with E-state index in [9.17, 15) is 4.79 Å². The molecular formula is C19H22N2O2. The van der Waals surface area contributed by atoms with E-state index in [1.54, 1.807) is 31.4 Å². The van der Waals surface area contributed by atoms with E-state index in [0.29, 0.717) is 11.5 Å². The van der Waals surface area contributed by atoms with E-state index < -0.39 is 0 Å². The second kappa shape index (κ2) is 8.13. The van der Waals surface area contributed by atoms with Crippen molar-refractivity contribution in [3.8, 4) is 5.75 Å². The molecule has 0 bridgehead atoms. The Morgan fingerprint density at radius 1 is 1.04 bits per heavy atom. The lowest BCUT2D eigenvalue weighted by molar-refractivity contribution is 0.0954. The predicted octanol–water partition coefficient (Wildman–Crippen LogP) is 3.88. The van der Waals surface area contributed by atoms with Crippen molar-refractivity contribution < 1.29 is 9.53 Å². The fourth-order valence-corrected chi connectivity index (χ4v) is 2.17. The van der Waals surface area contributed by atoms with Crippen LogP contribution in [-0.4, -0.2) is 18.7 Å². The summed E-state index contributed by atoms with van der Waals surface area (Å²) in [5, 5.41) is 4.34. The van der Waals surface area contributed by atoms with Crippen LogP contribution >= 0.6 is 0 Å². The Kier molecular flexibility index (Phi) is 5.92. The zero-order valence-corrected chi connectivity index (χ0v) is 13.7. The molecule has 0 unspecified atom stereocenters. The highest BCUT2D eigenvalue weighted by Crippen LogP contribution is 2.12. The standard InChI is InChI=1S/C19H22N2O2/c1-14(2)13-18(15-7-5-4-6-8-15)20-21-19(22)16-9-11-17(23-3)12-10-16/h4-12,14H,13H2,1-3H3,(H,21,22)/b20-18+. The Hall–Kier alpha value is -2.62. The van der Waals surface area contributed by atoms with Gasteiger partial charge in [0.05, 0.1) is 12.8 Å². The Balaban J connectivity index is 2.14. The number of methoxy groups -OCH3 is 1. The van der Waals surface area contributed by atoms with Gasteiger partial charge in [-0.05, 0) is 42.2 Å². The van der Waals surface area contributed by atoms with Gasteiger partial charge in [0, 0.05) is 5.56 Å². The number of nitrogens with zero attached hydrogens (tertiary/aromatic N) is 1. The summed E-state index contributed by atoms with van der Waals surface area (Å²) < 4.78 is 5.09. The highest BCUT2D eigenvalue weighted by Gasteiger charge is 2.09. The number of ether oxygens (including phenoxy) is 1. The minimum Gasteiger partial charge on any atom is -0.497 e. The monoisotopic (exact) mass is 310 g/mol. The van der Waals surface area contributed by atoms with Crippen molar-refractivity contribution in [2.24, 2.45) is 11.0 Å². The van der Waals surface area contributed by atoms with Gasteiger partial charge in [-0.25, -0.2) is 5.43 Å². The zero-order valence-electron chi connectivity index (χ0n) is 13.7. The number of nitrogens with one attached hydrogen (secondary N) is 1. The maximum atomic E-state index is 12.2. The zero-order chi connectivity index (χ0) is 16.7. The van der Waals surface area contributed by atoms with Crippen molar-refractivity contribution in [1.29, 1.82) is 0 Å². The molecule has 0 spiro atoms. The molecule has 0 atom stereocenters. The number of benzene rings is 2. The van der Waals surface area contributed by atoms with E-state index in [2.05, 4.69) is 24.4 Å². The molecule has 0 fully saturated rings. The highest BCUT2D eigenvalue weighted by molar-refractivity contribution is 6.02. The van der Waals surface area contributed by atoms with Crippen LogP contribution in [0.2, 0.25) is 0 Å². The molecule has 0 radical (unpaired) electrons. The molecule has 23 heavy (non-hydrogen) atoms. The van der Waals surface area contributed by atoms with Crippen LogP contribution in [0.4, 0.5) is 0 Å². The lowest BCUT2D eigenvalue weighted by Crippen LogP contribution is -2.20. The average Bonchev–Trinajstić information content (AvgIpc) is 2.59. The summed E-state index contributed by atoms with van der Waals surface area (Å²) in [5.41, 5.74) is 5.10. The first kappa shape index (κ1) is 16.7. The van der Waals surface area contributed by atoms with E-state index in [4.69, 9.17) is 4.74 Å². The summed E-state index contributed by atoms with van der Waals surface area (Å²) >= 11 is 0. The fraction of sp³-hybridized carbons (Fsp3) is 0.263. The molecule has 4 heteroatoms. The topological polar surface area (TPSA) is 50.7 Å². The summed E-state index contributed by atoms with van der Waals surface area (Å²) in [6.07, 6.45) is 0.799. The van der Waals surface area contributed by atoms with Crippen molar-refractivity contribution in [1.82, 2.24) is 5.43 Å². The molecule has 0 aliphatic heterocycles. The number of carbonyl (C=O) groups is 1. The van der Waals surface area contributed by atoms with E-state index in [-0.39, 0.29) is 5.91 Å². The van der Waals surface area contributed by atoms with Gasteiger partial charge in [-0.15, -0.1) is 0 Å². The number of hydrogen-bond donors (Lipinski definition) is 1. The number of amides is 1. The van der Waals surface area contributed by atoms with Gasteiger partial charge in [0.15, 0.2) is 0 Å². The summed E-state index contributed by atoms with van der Waals surface area (Å²) in [6.45, 7) is 4.26. The van der Waals surface area contributed by atoms with Crippen LogP contribution in [0, 0.1) is 5.92 Å². The third-order valence-electron chi connectivity index (χ3n) is 3.35. The van der Waals surface area contributed by atoms with Crippen molar-refractivity contribution in [2.75, 3.05) is 7.11 Å². The fourth-order valence-electron chi connectivity index (χ4n) is 2.17. The second-order valence-electron chi connectivity index (χ2n) is 5.69. The number of rotatable bonds is 6. The van der Waals surface area contributed by atoms with Gasteiger partial charge in [-0.3, -0.25) is 4.79 Å². The first-order valence-electron chi connectivity index (χ1n) is 7.66. The van der Waals surface area contributed by atoms with Gasteiger partial charge in [0.25, 0.3) is 5.91 Å². The highest BCUT2D eigenvalue weighted by atomic mass is 16.5. The maximum absolute atomic E-state index is 12.2. The van der Waals surface area contributed by atoms with Crippen LogP contribution < -0.4 is 10.2 Å². The van der Waals surface area contributed by atoms with Gasteiger partial charge >= 0.3 is 0 Å². The van der Waals surface area contributed by atoms with E-state index in [1.165, 1.54) is 0 Å². The Morgan fingerprint density at radius 3 is 2.26 bits per heavy atom. The Morgan fingerprint density at radius 2 is 1.70 bits per heavy atom. The van der Waals surface area contributed by atoms with Crippen LogP contribution in [0.5, 0.6) is 5.75 Å². The van der Waals surface area contributed by atoms with E-state index in [1.807, 2.05) is 30.3 Å². The van der Waals surface area contributed by atoms with Crippen LogP contribution in [0.25, 0.3) is 0 Å². The lowest BCUT2D eigenvalue weighted by Gasteiger charge is -2.10. The minimum atomic E-state index is -0.232. The molecule has 0 aliphatic carbocycles. The Labute approximate surface area is 137 Å². The first-order valence-corrected chi connectivity index (χ1v) is 7.66. The molecule has 0 aromatic heterocycles. The van der Waals surface area contributed by atoms with E-state index >= 15 is 0 Å². The van der Waals surface area contributed by atoms with Crippen LogP contribution in [0.15, 0.2) is 59.7 Å². The van der Waals surface area contributed by atoms with E-state index in [0.717, 1.165) is 23.4 Å². The van der Waals surface area contributed by atoms with Crippen LogP contribution in [0.3, 0.4) is 0 Å².